The number of carbonyl (C=O) groups excluding carboxylic acids is 1. The number of hydrogen-bond acceptors (Lipinski definition) is 3. The molecular weight excluding hydrogens is 334 g/mol. The van der Waals surface area contributed by atoms with Crippen LogP contribution in [0.1, 0.15) is 43.2 Å². The number of benzene rings is 2. The molecule has 0 saturated heterocycles. The molecular formula is C23H29N3O. The van der Waals surface area contributed by atoms with Crippen molar-refractivity contribution in [3.63, 3.8) is 0 Å². The van der Waals surface area contributed by atoms with E-state index >= 15 is 0 Å². The minimum atomic E-state index is -0.189. The second kappa shape index (κ2) is 9.93. The van der Waals surface area contributed by atoms with Crippen molar-refractivity contribution in [3.05, 3.63) is 65.7 Å². The second-order valence-electron chi connectivity index (χ2n) is 7.29. The first-order valence-electron chi connectivity index (χ1n) is 9.84. The third kappa shape index (κ3) is 6.26. The van der Waals surface area contributed by atoms with E-state index in [2.05, 4.69) is 22.8 Å². The van der Waals surface area contributed by atoms with Crippen molar-refractivity contribution in [3.8, 4) is 0 Å². The smallest absolute Gasteiger partial charge is 0.248 e. The fraction of sp³-hybridized carbons (Fsp3) is 0.348. The zero-order valence-electron chi connectivity index (χ0n) is 15.8. The number of hydrogen-bond donors (Lipinski definition) is 3. The van der Waals surface area contributed by atoms with E-state index < -0.39 is 0 Å². The topological polar surface area (TPSA) is 67.1 Å². The van der Waals surface area contributed by atoms with Crippen LogP contribution in [0.2, 0.25) is 0 Å². The van der Waals surface area contributed by atoms with Crippen LogP contribution < -0.4 is 16.4 Å². The summed E-state index contributed by atoms with van der Waals surface area (Å²) in [5.41, 5.74) is 9.30. The van der Waals surface area contributed by atoms with Gasteiger partial charge in [0.1, 0.15) is 0 Å². The number of nitrogen functional groups attached to an aromatic ring is 1. The van der Waals surface area contributed by atoms with Crippen LogP contribution in [0.5, 0.6) is 0 Å². The molecule has 4 nitrogen and oxygen atoms in total. The van der Waals surface area contributed by atoms with Gasteiger partial charge in [-0.25, -0.2) is 0 Å². The number of nitrogens with one attached hydrogen (secondary N) is 2. The van der Waals surface area contributed by atoms with Crippen molar-refractivity contribution in [2.45, 2.75) is 38.6 Å². The summed E-state index contributed by atoms with van der Waals surface area (Å²) < 4.78 is 0. The Labute approximate surface area is 161 Å². The first kappa shape index (κ1) is 19.2. The Morgan fingerprint density at radius 1 is 1.04 bits per heavy atom. The highest BCUT2D eigenvalue weighted by molar-refractivity contribution is 6.03. The van der Waals surface area contributed by atoms with Gasteiger partial charge in [0, 0.05) is 12.6 Å². The summed E-state index contributed by atoms with van der Waals surface area (Å²) in [6.07, 6.45) is 10.3. The van der Waals surface area contributed by atoms with Crippen molar-refractivity contribution < 1.29 is 4.79 Å². The van der Waals surface area contributed by atoms with Crippen LogP contribution in [0.4, 0.5) is 11.4 Å². The van der Waals surface area contributed by atoms with E-state index in [0.29, 0.717) is 11.4 Å². The number of rotatable bonds is 7. The zero-order valence-corrected chi connectivity index (χ0v) is 15.8. The number of para-hydroxylation sites is 2. The molecule has 0 atom stereocenters. The van der Waals surface area contributed by atoms with E-state index in [0.717, 1.165) is 24.6 Å². The average molecular weight is 364 g/mol. The van der Waals surface area contributed by atoms with Crippen LogP contribution in [-0.2, 0) is 11.3 Å². The molecule has 1 fully saturated rings. The first-order valence-corrected chi connectivity index (χ1v) is 9.84. The van der Waals surface area contributed by atoms with E-state index in [9.17, 15) is 4.79 Å². The summed E-state index contributed by atoms with van der Waals surface area (Å²) in [5, 5.41) is 6.37. The standard InChI is InChI=1S/C23H29N3O/c24-21-8-4-5-9-22(21)26-23(27)15-14-18-10-12-20(13-11-18)17-25-16-19-6-2-1-3-7-19/h4-5,8-15,19,25H,1-3,6-7,16-17,24H2,(H,26,27)/b15-14+. The van der Waals surface area contributed by atoms with Gasteiger partial charge in [-0.15, -0.1) is 0 Å². The largest absolute Gasteiger partial charge is 0.397 e. The van der Waals surface area contributed by atoms with Gasteiger partial charge in [0.05, 0.1) is 11.4 Å². The molecule has 1 saturated carbocycles. The molecule has 0 aliphatic heterocycles. The van der Waals surface area contributed by atoms with E-state index in [-0.39, 0.29) is 5.91 Å². The molecule has 0 unspecified atom stereocenters. The fourth-order valence-corrected chi connectivity index (χ4v) is 3.52. The van der Waals surface area contributed by atoms with E-state index in [1.54, 1.807) is 12.1 Å². The number of nitrogens with two attached hydrogens (primary N) is 1. The summed E-state index contributed by atoms with van der Waals surface area (Å²) in [7, 11) is 0. The summed E-state index contributed by atoms with van der Waals surface area (Å²) >= 11 is 0. The van der Waals surface area contributed by atoms with Crippen molar-refractivity contribution >= 4 is 23.4 Å². The summed E-state index contributed by atoms with van der Waals surface area (Å²) in [5.74, 6) is 0.657. The Morgan fingerprint density at radius 2 is 1.78 bits per heavy atom. The second-order valence-corrected chi connectivity index (χ2v) is 7.29. The third-order valence-electron chi connectivity index (χ3n) is 5.11. The van der Waals surface area contributed by atoms with Gasteiger partial charge in [-0.05, 0) is 54.6 Å². The van der Waals surface area contributed by atoms with Crippen LogP contribution in [0, 0.1) is 5.92 Å². The molecule has 1 amide bonds. The van der Waals surface area contributed by atoms with Crippen LogP contribution >= 0.6 is 0 Å². The molecule has 0 aromatic heterocycles. The van der Waals surface area contributed by atoms with E-state index in [1.165, 1.54) is 43.7 Å². The molecule has 2 aromatic carbocycles. The van der Waals surface area contributed by atoms with Gasteiger partial charge in [0.25, 0.3) is 0 Å². The minimum absolute atomic E-state index is 0.189. The molecule has 142 valence electrons. The Morgan fingerprint density at radius 3 is 2.52 bits per heavy atom. The van der Waals surface area contributed by atoms with E-state index in [1.807, 2.05) is 30.3 Å². The third-order valence-corrected chi connectivity index (χ3v) is 5.11. The monoisotopic (exact) mass is 363 g/mol. The Bertz CT molecular complexity index is 761. The van der Waals surface area contributed by atoms with Gasteiger partial charge in [0.15, 0.2) is 0 Å². The molecule has 0 bridgehead atoms. The molecule has 4 heteroatoms. The number of anilines is 2. The van der Waals surface area contributed by atoms with Gasteiger partial charge in [-0.2, -0.15) is 0 Å². The van der Waals surface area contributed by atoms with Crippen LogP contribution in [0.15, 0.2) is 54.6 Å². The van der Waals surface area contributed by atoms with Gasteiger partial charge in [-0.3, -0.25) is 4.79 Å². The Kier molecular flexibility index (Phi) is 7.05. The predicted molar refractivity (Wildman–Crippen MR) is 113 cm³/mol. The molecule has 1 aliphatic carbocycles. The van der Waals surface area contributed by atoms with Gasteiger partial charge in [-0.1, -0.05) is 55.7 Å². The number of amides is 1. The summed E-state index contributed by atoms with van der Waals surface area (Å²) in [4.78, 5) is 12.0. The van der Waals surface area contributed by atoms with Crippen molar-refractivity contribution in [1.29, 1.82) is 0 Å². The predicted octanol–water partition coefficient (Wildman–Crippen LogP) is 4.59. The highest BCUT2D eigenvalue weighted by Crippen LogP contribution is 2.22. The zero-order chi connectivity index (χ0) is 18.9. The first-order chi connectivity index (χ1) is 13.2. The fourth-order valence-electron chi connectivity index (χ4n) is 3.52. The lowest BCUT2D eigenvalue weighted by Gasteiger charge is -2.21. The van der Waals surface area contributed by atoms with Gasteiger partial charge in [0.2, 0.25) is 5.91 Å². The van der Waals surface area contributed by atoms with Crippen LogP contribution in [-0.4, -0.2) is 12.5 Å². The maximum absolute atomic E-state index is 12.0. The maximum atomic E-state index is 12.0. The van der Waals surface area contributed by atoms with Crippen LogP contribution in [0.25, 0.3) is 6.08 Å². The molecule has 2 aromatic rings. The molecule has 1 aliphatic rings. The maximum Gasteiger partial charge on any atom is 0.248 e. The quantitative estimate of drug-likeness (QED) is 0.498. The molecule has 27 heavy (non-hydrogen) atoms. The highest BCUT2D eigenvalue weighted by atomic mass is 16.1. The number of carbonyl (C=O) groups is 1. The van der Waals surface area contributed by atoms with Crippen LogP contribution in [0.3, 0.4) is 0 Å². The summed E-state index contributed by atoms with van der Waals surface area (Å²) in [6, 6.07) is 15.5. The Balaban J connectivity index is 1.44. The van der Waals surface area contributed by atoms with Crippen molar-refractivity contribution in [2.75, 3.05) is 17.6 Å². The van der Waals surface area contributed by atoms with Crippen molar-refractivity contribution in [1.82, 2.24) is 5.32 Å². The van der Waals surface area contributed by atoms with Crippen molar-refractivity contribution in [2.24, 2.45) is 5.92 Å². The minimum Gasteiger partial charge on any atom is -0.397 e. The highest BCUT2D eigenvalue weighted by Gasteiger charge is 2.12. The average Bonchev–Trinajstić information content (AvgIpc) is 2.70. The molecule has 0 spiro atoms. The molecule has 4 N–H and O–H groups in total. The normalized spacial score (nSPS) is 15.1. The lowest BCUT2D eigenvalue weighted by atomic mass is 9.89. The molecule has 0 radical (unpaired) electrons. The Hall–Kier alpha value is -2.59. The SMILES string of the molecule is Nc1ccccc1NC(=O)/C=C/c1ccc(CNCC2CCCCC2)cc1. The lowest BCUT2D eigenvalue weighted by molar-refractivity contribution is -0.111. The lowest BCUT2D eigenvalue weighted by Crippen LogP contribution is -2.24. The molecule has 0 heterocycles. The van der Waals surface area contributed by atoms with E-state index in [4.69, 9.17) is 5.73 Å². The van der Waals surface area contributed by atoms with Gasteiger partial charge < -0.3 is 16.4 Å². The molecule has 3 rings (SSSR count). The summed E-state index contributed by atoms with van der Waals surface area (Å²) in [6.45, 7) is 2.01. The van der Waals surface area contributed by atoms with Gasteiger partial charge >= 0.3 is 0 Å².